The second-order valence-corrected chi connectivity index (χ2v) is 6.79. The van der Waals surface area contributed by atoms with Gasteiger partial charge in [0.2, 0.25) is 17.7 Å². The molecule has 7 nitrogen and oxygen atoms in total. The first-order valence-electron chi connectivity index (χ1n) is 8.02. The van der Waals surface area contributed by atoms with Gasteiger partial charge < -0.3 is 15.5 Å². The molecule has 2 heterocycles. The molecule has 1 aromatic heterocycles. The second kappa shape index (κ2) is 7.49. The van der Waals surface area contributed by atoms with Crippen LogP contribution in [0, 0.1) is 5.92 Å². The van der Waals surface area contributed by atoms with E-state index < -0.39 is 0 Å². The van der Waals surface area contributed by atoms with E-state index >= 15 is 0 Å². The molecule has 3 rings (SSSR count). The molecule has 134 valence electrons. The van der Waals surface area contributed by atoms with Crippen molar-refractivity contribution >= 4 is 39.9 Å². The number of likely N-dealkylation sites (tertiary alicyclic amines) is 1. The molecule has 2 aromatic rings. The normalized spacial score (nSPS) is 13.7. The Morgan fingerprint density at radius 1 is 1.23 bits per heavy atom. The fourth-order valence-electron chi connectivity index (χ4n) is 2.55. The van der Waals surface area contributed by atoms with Crippen molar-refractivity contribution in [3.63, 3.8) is 0 Å². The highest BCUT2D eigenvalue weighted by Gasteiger charge is 2.34. The van der Waals surface area contributed by atoms with Crippen LogP contribution in [0.2, 0.25) is 0 Å². The van der Waals surface area contributed by atoms with Gasteiger partial charge in [-0.05, 0) is 18.2 Å². The van der Waals surface area contributed by atoms with Crippen LogP contribution in [0.5, 0.6) is 0 Å². The molecule has 0 atom stereocenters. The molecule has 0 unspecified atom stereocenters. The Morgan fingerprint density at radius 3 is 2.54 bits per heavy atom. The van der Waals surface area contributed by atoms with Crippen molar-refractivity contribution in [2.75, 3.05) is 23.7 Å². The van der Waals surface area contributed by atoms with Crippen molar-refractivity contribution < 1.29 is 14.4 Å². The summed E-state index contributed by atoms with van der Waals surface area (Å²) in [5, 5.41) is 7.88. The zero-order valence-corrected chi connectivity index (χ0v) is 15.0. The largest absolute Gasteiger partial charge is 0.337 e. The van der Waals surface area contributed by atoms with E-state index in [4.69, 9.17) is 0 Å². The highest BCUT2D eigenvalue weighted by molar-refractivity contribution is 7.14. The van der Waals surface area contributed by atoms with Gasteiger partial charge in [-0.15, -0.1) is 11.3 Å². The predicted molar refractivity (Wildman–Crippen MR) is 101 cm³/mol. The number of carbonyl (C=O) groups is 3. The molecule has 0 bridgehead atoms. The molecule has 1 aliphatic heterocycles. The minimum Gasteiger partial charge on any atom is -0.337 e. The van der Waals surface area contributed by atoms with Crippen molar-refractivity contribution in [3.05, 3.63) is 42.3 Å². The van der Waals surface area contributed by atoms with Gasteiger partial charge in [-0.1, -0.05) is 18.7 Å². The zero-order chi connectivity index (χ0) is 18.7. The summed E-state index contributed by atoms with van der Waals surface area (Å²) in [6, 6.07) is 7.31. The molecule has 2 N–H and O–H groups in total. The summed E-state index contributed by atoms with van der Waals surface area (Å²) in [7, 11) is 0. The number of anilines is 2. The number of thiazole rings is 1. The van der Waals surface area contributed by atoms with E-state index in [0.717, 1.165) is 11.3 Å². The van der Waals surface area contributed by atoms with Gasteiger partial charge in [-0.3, -0.25) is 14.4 Å². The summed E-state index contributed by atoms with van der Waals surface area (Å²) < 4.78 is 0. The summed E-state index contributed by atoms with van der Waals surface area (Å²) in [6.07, 6.45) is 1.25. The number of amides is 3. The lowest BCUT2D eigenvalue weighted by Crippen LogP contribution is -2.53. The van der Waals surface area contributed by atoms with Crippen LogP contribution in [0.3, 0.4) is 0 Å². The van der Waals surface area contributed by atoms with Crippen LogP contribution >= 0.6 is 11.3 Å². The Hall–Kier alpha value is -3.00. The third-order valence-electron chi connectivity index (χ3n) is 3.97. The van der Waals surface area contributed by atoms with E-state index in [-0.39, 0.29) is 23.6 Å². The zero-order valence-electron chi connectivity index (χ0n) is 14.2. The van der Waals surface area contributed by atoms with E-state index in [1.807, 2.05) is 17.5 Å². The fraction of sp³-hybridized carbons (Fsp3) is 0.222. The Labute approximate surface area is 154 Å². The highest BCUT2D eigenvalue weighted by atomic mass is 32.1. The van der Waals surface area contributed by atoms with Crippen molar-refractivity contribution in [1.82, 2.24) is 9.88 Å². The molecule has 0 saturated carbocycles. The van der Waals surface area contributed by atoms with Gasteiger partial charge in [0.15, 0.2) is 5.13 Å². The number of rotatable bonds is 5. The number of carbonyl (C=O) groups excluding carboxylic acids is 3. The molecular formula is C18H18N4O3S. The van der Waals surface area contributed by atoms with Crippen molar-refractivity contribution in [2.45, 2.75) is 6.92 Å². The van der Waals surface area contributed by atoms with Gasteiger partial charge >= 0.3 is 0 Å². The minimum atomic E-state index is -0.219. The molecule has 8 heteroatoms. The maximum atomic E-state index is 12.2. The first-order valence-corrected chi connectivity index (χ1v) is 8.90. The van der Waals surface area contributed by atoms with Crippen molar-refractivity contribution in [2.24, 2.45) is 5.92 Å². The van der Waals surface area contributed by atoms with E-state index in [1.165, 1.54) is 24.3 Å². The maximum Gasteiger partial charge on any atom is 0.246 e. The molecule has 1 aromatic carbocycles. The molecule has 1 aliphatic rings. The predicted octanol–water partition coefficient (Wildman–Crippen LogP) is 2.35. The molecule has 26 heavy (non-hydrogen) atoms. The number of hydrogen-bond acceptors (Lipinski definition) is 5. The fourth-order valence-corrected chi connectivity index (χ4v) is 3.27. The van der Waals surface area contributed by atoms with Crippen LogP contribution in [-0.2, 0) is 14.4 Å². The average Bonchev–Trinajstić information content (AvgIpc) is 3.01. The minimum absolute atomic E-state index is 0.124. The van der Waals surface area contributed by atoms with E-state index in [9.17, 15) is 14.4 Å². The molecule has 3 amide bonds. The monoisotopic (exact) mass is 370 g/mol. The van der Waals surface area contributed by atoms with Crippen LogP contribution in [0.1, 0.15) is 6.92 Å². The number of nitrogens with one attached hydrogen (secondary N) is 2. The maximum absolute atomic E-state index is 12.2. The Morgan fingerprint density at radius 2 is 1.92 bits per heavy atom. The Balaban J connectivity index is 1.58. The van der Waals surface area contributed by atoms with Crippen LogP contribution in [0.4, 0.5) is 10.8 Å². The Bertz CT molecular complexity index is 854. The lowest BCUT2D eigenvalue weighted by molar-refractivity contribution is -0.137. The van der Waals surface area contributed by atoms with E-state index in [1.54, 1.807) is 17.0 Å². The standard InChI is InChI=1S/C18H18N4O3S/c1-3-16(24)22-8-13(9-22)17(25)21-18-20-15(10-26-18)12-4-6-14(7-5-12)19-11(2)23/h3-7,10,13H,1,8-9H2,2H3,(H,19,23)(H,20,21,25). The van der Waals surface area contributed by atoms with Gasteiger partial charge in [0.05, 0.1) is 11.6 Å². The summed E-state index contributed by atoms with van der Waals surface area (Å²) in [5.41, 5.74) is 2.35. The van der Waals surface area contributed by atoms with Crippen LogP contribution < -0.4 is 10.6 Å². The smallest absolute Gasteiger partial charge is 0.246 e. The summed E-state index contributed by atoms with van der Waals surface area (Å²) in [5.74, 6) is -0.641. The first-order chi connectivity index (χ1) is 12.5. The third-order valence-corrected chi connectivity index (χ3v) is 4.73. The molecule has 0 radical (unpaired) electrons. The number of hydrogen-bond donors (Lipinski definition) is 2. The lowest BCUT2D eigenvalue weighted by atomic mass is 9.99. The quantitative estimate of drug-likeness (QED) is 0.791. The van der Waals surface area contributed by atoms with Crippen LogP contribution in [0.15, 0.2) is 42.3 Å². The molecule has 1 fully saturated rings. The topological polar surface area (TPSA) is 91.4 Å². The first kappa shape index (κ1) is 17.8. The van der Waals surface area contributed by atoms with E-state index in [0.29, 0.717) is 23.9 Å². The third kappa shape index (κ3) is 3.97. The molecule has 1 saturated heterocycles. The molecule has 0 aliphatic carbocycles. The van der Waals surface area contributed by atoms with Gasteiger partial charge in [0.25, 0.3) is 0 Å². The number of benzene rings is 1. The molecular weight excluding hydrogens is 352 g/mol. The van der Waals surface area contributed by atoms with Gasteiger partial charge in [0, 0.05) is 36.6 Å². The summed E-state index contributed by atoms with van der Waals surface area (Å²) >= 11 is 1.34. The number of aromatic nitrogens is 1. The lowest BCUT2D eigenvalue weighted by Gasteiger charge is -2.37. The number of nitrogens with zero attached hydrogens (tertiary/aromatic N) is 2. The van der Waals surface area contributed by atoms with Crippen LogP contribution in [0.25, 0.3) is 11.3 Å². The van der Waals surface area contributed by atoms with Gasteiger partial charge in [-0.25, -0.2) is 4.98 Å². The van der Waals surface area contributed by atoms with E-state index in [2.05, 4.69) is 22.2 Å². The molecule has 0 spiro atoms. The van der Waals surface area contributed by atoms with Gasteiger partial charge in [0.1, 0.15) is 0 Å². The highest BCUT2D eigenvalue weighted by Crippen LogP contribution is 2.27. The summed E-state index contributed by atoms with van der Waals surface area (Å²) in [4.78, 5) is 40.6. The second-order valence-electron chi connectivity index (χ2n) is 5.93. The average molecular weight is 370 g/mol. The Kier molecular flexibility index (Phi) is 5.13. The summed E-state index contributed by atoms with van der Waals surface area (Å²) in [6.45, 7) is 5.69. The van der Waals surface area contributed by atoms with Crippen LogP contribution in [-0.4, -0.2) is 40.7 Å². The van der Waals surface area contributed by atoms with Crippen molar-refractivity contribution in [1.29, 1.82) is 0 Å². The SMILES string of the molecule is C=CC(=O)N1CC(C(=O)Nc2nc(-c3ccc(NC(C)=O)cc3)cs2)C1. The van der Waals surface area contributed by atoms with Gasteiger partial charge in [-0.2, -0.15) is 0 Å². The van der Waals surface area contributed by atoms with Crippen molar-refractivity contribution in [3.8, 4) is 11.3 Å².